The van der Waals surface area contributed by atoms with Gasteiger partial charge in [0.15, 0.2) is 0 Å². The quantitative estimate of drug-likeness (QED) is 0.468. The van der Waals surface area contributed by atoms with E-state index in [2.05, 4.69) is 11.2 Å². The topological polar surface area (TPSA) is 20.7 Å². The Balaban J connectivity index is 0. The number of nitrogens with one attached hydrogen (secondary N) is 1. The Labute approximate surface area is 122 Å². The van der Waals surface area contributed by atoms with Gasteiger partial charge in [-0.25, -0.2) is 0 Å². The molecule has 1 rings (SSSR count). The van der Waals surface area contributed by atoms with Crippen molar-refractivity contribution in [3.8, 4) is 0 Å². The van der Waals surface area contributed by atoms with E-state index in [4.69, 9.17) is 12.2 Å². The fourth-order valence-electron chi connectivity index (χ4n) is 0.512. The maximum atomic E-state index is 4.79. The van der Waals surface area contributed by atoms with Gasteiger partial charge in [0.05, 0.1) is 0 Å². The first-order valence-electron chi connectivity index (χ1n) is 3.35. The van der Waals surface area contributed by atoms with E-state index in [1.807, 2.05) is 32.5 Å². The third-order valence-corrected chi connectivity index (χ3v) is 1.26. The number of rotatable bonds is 0. The summed E-state index contributed by atoms with van der Waals surface area (Å²) in [5.41, 5.74) is 1.04. The van der Waals surface area contributed by atoms with Crippen molar-refractivity contribution >= 4 is 12.2 Å². The van der Waals surface area contributed by atoms with Crippen molar-refractivity contribution in [3.05, 3.63) is 16.4 Å². The summed E-state index contributed by atoms with van der Waals surface area (Å²) in [6.07, 6.45) is 0. The molecule has 0 spiro atoms. The average Bonchev–Trinajstić information content (AvgIpc) is 2.16. The van der Waals surface area contributed by atoms with Gasteiger partial charge in [0.2, 0.25) is 0 Å². The van der Waals surface area contributed by atoms with Crippen LogP contribution < -0.4 is 58.2 Å². The predicted octanol–water partition coefficient (Wildman–Crippen LogP) is -0.778. The monoisotopic (exact) mass is 242 g/mol. The first kappa shape index (κ1) is 14.7. The molecule has 0 aliphatic carbocycles. The van der Waals surface area contributed by atoms with Gasteiger partial charge in [-0.1, -0.05) is 25.4 Å². The van der Waals surface area contributed by atoms with Crippen LogP contribution in [0.15, 0.2) is 0 Å². The summed E-state index contributed by atoms with van der Waals surface area (Å²) in [6.45, 7) is 5.95. The molecular weight excluding hydrogens is 230 g/mol. The van der Waals surface area contributed by atoms with Crippen molar-refractivity contribution in [2.75, 3.05) is 0 Å². The predicted molar refractivity (Wildman–Crippen MR) is 45.5 cm³/mol. The summed E-state index contributed by atoms with van der Waals surface area (Å²) in [5, 5.41) is 2.88. The Hall–Kier alpha value is 1.24. The number of aromatic nitrogens is 2. The molecule has 58 valence electrons. The van der Waals surface area contributed by atoms with Crippen LogP contribution in [0.1, 0.15) is 19.5 Å². The van der Waals surface area contributed by atoms with Gasteiger partial charge in [0.1, 0.15) is 0 Å². The first-order valence-corrected chi connectivity index (χ1v) is 3.76. The standard InChI is InChI=1S/C5H7N2S.C2H6.Rb/c1-4-3-5(8)6-7(4)2;1-2;/h1-2H3,(H,6,8);1-2H3;/q-1;;+1. The molecule has 1 N–H and O–H groups in total. The molecule has 1 heterocycles. The molecule has 0 fully saturated rings. The molecule has 0 atom stereocenters. The molecular formula is C7H13N2RbS. The minimum absolute atomic E-state index is 0. The van der Waals surface area contributed by atoms with E-state index in [0.717, 1.165) is 5.69 Å². The molecule has 0 radical (unpaired) electrons. The number of hydrogen-bond donors (Lipinski definition) is 1. The minimum atomic E-state index is 0. The third kappa shape index (κ3) is 5.47. The summed E-state index contributed by atoms with van der Waals surface area (Å²) in [6, 6.07) is 2.93. The van der Waals surface area contributed by atoms with Gasteiger partial charge in [-0.3, -0.25) is 0 Å². The largest absolute Gasteiger partial charge is 1.00 e. The summed E-state index contributed by atoms with van der Waals surface area (Å²) in [7, 11) is 1.90. The molecule has 0 unspecified atom stereocenters. The van der Waals surface area contributed by atoms with Crippen LogP contribution >= 0.6 is 12.2 Å². The van der Waals surface area contributed by atoms with Crippen LogP contribution in [0.3, 0.4) is 0 Å². The second-order valence-corrected chi connectivity index (χ2v) is 2.12. The van der Waals surface area contributed by atoms with Crippen LogP contribution in [0.4, 0.5) is 0 Å². The molecule has 0 bridgehead atoms. The van der Waals surface area contributed by atoms with E-state index in [-0.39, 0.29) is 58.2 Å². The maximum Gasteiger partial charge on any atom is 1.00 e. The molecule has 4 heteroatoms. The van der Waals surface area contributed by atoms with Crippen LogP contribution in [-0.2, 0) is 7.05 Å². The van der Waals surface area contributed by atoms with Crippen LogP contribution in [0.5, 0.6) is 0 Å². The van der Waals surface area contributed by atoms with E-state index in [9.17, 15) is 0 Å². The van der Waals surface area contributed by atoms with Crippen molar-refractivity contribution in [1.29, 1.82) is 0 Å². The van der Waals surface area contributed by atoms with Crippen LogP contribution in [0, 0.1) is 17.6 Å². The van der Waals surface area contributed by atoms with Gasteiger partial charge in [-0.15, -0.1) is 17.9 Å². The number of nitrogens with zero attached hydrogens (tertiary/aromatic N) is 1. The van der Waals surface area contributed by atoms with E-state index in [0.29, 0.717) is 4.64 Å². The van der Waals surface area contributed by atoms with Crippen molar-refractivity contribution in [1.82, 2.24) is 9.78 Å². The van der Waals surface area contributed by atoms with Gasteiger partial charge in [-0.05, 0) is 0 Å². The number of H-pyrrole nitrogens is 1. The van der Waals surface area contributed by atoms with E-state index in [1.54, 1.807) is 0 Å². The normalized spacial score (nSPS) is 7.64. The van der Waals surface area contributed by atoms with E-state index < -0.39 is 0 Å². The number of aryl methyl sites for hydroxylation is 2. The Kier molecular flexibility index (Phi) is 10.5. The minimum Gasteiger partial charge on any atom is -0.412 e. The van der Waals surface area contributed by atoms with Gasteiger partial charge in [-0.2, -0.15) is 0 Å². The molecule has 0 amide bonds. The Morgan fingerprint density at radius 1 is 1.45 bits per heavy atom. The number of hydrogen-bond acceptors (Lipinski definition) is 1. The van der Waals surface area contributed by atoms with Crippen molar-refractivity contribution < 1.29 is 58.2 Å². The second-order valence-electron chi connectivity index (χ2n) is 1.71. The smallest absolute Gasteiger partial charge is 0.412 e. The summed E-state index contributed by atoms with van der Waals surface area (Å²) < 4.78 is 2.51. The van der Waals surface area contributed by atoms with E-state index in [1.165, 1.54) is 0 Å². The van der Waals surface area contributed by atoms with Gasteiger partial charge < -0.3 is 15.8 Å². The van der Waals surface area contributed by atoms with Crippen LogP contribution in [0.25, 0.3) is 0 Å². The molecule has 0 saturated carbocycles. The maximum absolute atomic E-state index is 4.79. The second kappa shape index (κ2) is 7.86. The van der Waals surface area contributed by atoms with E-state index >= 15 is 0 Å². The third-order valence-electron chi connectivity index (χ3n) is 1.07. The zero-order chi connectivity index (χ0) is 8.15. The summed E-state index contributed by atoms with van der Waals surface area (Å²) in [5.74, 6) is 0. The first-order chi connectivity index (χ1) is 4.70. The van der Waals surface area contributed by atoms with Crippen molar-refractivity contribution in [2.24, 2.45) is 7.05 Å². The van der Waals surface area contributed by atoms with Crippen molar-refractivity contribution in [2.45, 2.75) is 20.8 Å². The van der Waals surface area contributed by atoms with Gasteiger partial charge in [0.25, 0.3) is 0 Å². The molecule has 1 aromatic heterocycles. The van der Waals surface area contributed by atoms with Gasteiger partial charge in [0, 0.05) is 7.05 Å². The van der Waals surface area contributed by atoms with Crippen molar-refractivity contribution in [3.63, 3.8) is 0 Å². The molecule has 2 nitrogen and oxygen atoms in total. The summed E-state index contributed by atoms with van der Waals surface area (Å²) in [4.78, 5) is 0. The molecule has 0 aromatic carbocycles. The fraction of sp³-hybridized carbons (Fsp3) is 0.571. The molecule has 1 aromatic rings. The Bertz CT molecular complexity index is 216. The number of aromatic amines is 1. The molecule has 0 saturated heterocycles. The fourth-order valence-corrected chi connectivity index (χ4v) is 0.797. The van der Waals surface area contributed by atoms with Crippen LogP contribution in [0.2, 0.25) is 0 Å². The molecule has 11 heavy (non-hydrogen) atoms. The molecule has 0 aliphatic heterocycles. The van der Waals surface area contributed by atoms with Gasteiger partial charge >= 0.3 is 58.2 Å². The molecule has 0 aliphatic rings. The SMILES string of the molecule is CC.Cc1[c-]c(=S)[nH]n1C.[Rb+]. The van der Waals surface area contributed by atoms with Crippen LogP contribution in [-0.4, -0.2) is 9.78 Å². The Morgan fingerprint density at radius 3 is 2.00 bits per heavy atom. The summed E-state index contributed by atoms with van der Waals surface area (Å²) >= 11 is 4.79. The average molecular weight is 243 g/mol. The zero-order valence-electron chi connectivity index (χ0n) is 7.86. The zero-order valence-corrected chi connectivity index (χ0v) is 13.6. The Morgan fingerprint density at radius 2 is 1.91 bits per heavy atom.